The van der Waals surface area contributed by atoms with E-state index in [-0.39, 0.29) is 5.41 Å². The summed E-state index contributed by atoms with van der Waals surface area (Å²) in [6.07, 6.45) is 4.80. The molecular formula is C9H12N2O. The fourth-order valence-electron chi connectivity index (χ4n) is 0.931. The van der Waals surface area contributed by atoms with Gasteiger partial charge in [-0.2, -0.15) is 0 Å². The summed E-state index contributed by atoms with van der Waals surface area (Å²) in [6.45, 7) is 3.78. The zero-order valence-corrected chi connectivity index (χ0v) is 7.32. The number of carbonyl (C=O) groups is 1. The summed E-state index contributed by atoms with van der Waals surface area (Å²) in [5.74, 6) is 0. The molecule has 0 saturated heterocycles. The second-order valence-electron chi connectivity index (χ2n) is 3.48. The second kappa shape index (κ2) is 3.43. The molecule has 0 amide bonds. The van der Waals surface area contributed by atoms with Gasteiger partial charge in [-0.1, -0.05) is 13.8 Å². The van der Waals surface area contributed by atoms with Gasteiger partial charge in [0.05, 0.1) is 0 Å². The van der Waals surface area contributed by atoms with Gasteiger partial charge >= 0.3 is 0 Å². The van der Waals surface area contributed by atoms with Crippen LogP contribution >= 0.6 is 0 Å². The fourth-order valence-corrected chi connectivity index (χ4v) is 0.931. The zero-order valence-electron chi connectivity index (χ0n) is 7.32. The molecule has 3 heteroatoms. The lowest BCUT2D eigenvalue weighted by Crippen LogP contribution is -2.17. The van der Waals surface area contributed by atoms with E-state index in [1.54, 1.807) is 6.20 Å². The molecule has 0 aliphatic rings. The Balaban J connectivity index is 2.70. The van der Waals surface area contributed by atoms with Crippen molar-refractivity contribution in [1.29, 1.82) is 0 Å². The first-order valence-corrected chi connectivity index (χ1v) is 3.85. The lowest BCUT2D eigenvalue weighted by Gasteiger charge is -2.14. The van der Waals surface area contributed by atoms with Crippen LogP contribution in [0.2, 0.25) is 0 Å². The molecule has 1 aromatic heterocycles. The molecule has 3 nitrogen and oxygen atoms in total. The van der Waals surface area contributed by atoms with Gasteiger partial charge in [0, 0.05) is 23.7 Å². The van der Waals surface area contributed by atoms with Crippen molar-refractivity contribution in [1.82, 2.24) is 9.97 Å². The van der Waals surface area contributed by atoms with Crippen LogP contribution in [0.5, 0.6) is 0 Å². The molecule has 0 aliphatic carbocycles. The molecule has 0 N–H and O–H groups in total. The van der Waals surface area contributed by atoms with Crippen molar-refractivity contribution < 1.29 is 4.79 Å². The van der Waals surface area contributed by atoms with Crippen molar-refractivity contribution in [3.63, 3.8) is 0 Å². The molecule has 0 unspecified atom stereocenters. The quantitative estimate of drug-likeness (QED) is 0.631. The molecule has 0 aliphatic heterocycles. The monoisotopic (exact) mass is 164 g/mol. The predicted molar refractivity (Wildman–Crippen MR) is 45.6 cm³/mol. The van der Waals surface area contributed by atoms with E-state index < -0.39 is 0 Å². The molecule has 12 heavy (non-hydrogen) atoms. The Bertz CT molecular complexity index is 256. The minimum atomic E-state index is -0.325. The van der Waals surface area contributed by atoms with Crippen LogP contribution in [0.4, 0.5) is 0 Å². The van der Waals surface area contributed by atoms with Crippen molar-refractivity contribution in [2.75, 3.05) is 0 Å². The standard InChI is InChI=1S/C9H12N2O/c1-9(2,6-12)5-8-3-4-10-7-11-8/h3-4,6-7H,5H2,1-2H3. The molecule has 64 valence electrons. The van der Waals surface area contributed by atoms with Gasteiger partial charge in [-0.15, -0.1) is 0 Å². The van der Waals surface area contributed by atoms with Crippen LogP contribution < -0.4 is 0 Å². The van der Waals surface area contributed by atoms with Crippen molar-refractivity contribution in [2.24, 2.45) is 5.41 Å². The third-order valence-electron chi connectivity index (χ3n) is 1.60. The van der Waals surface area contributed by atoms with Crippen LogP contribution in [-0.2, 0) is 11.2 Å². The third kappa shape index (κ3) is 2.42. The number of carbonyl (C=O) groups excluding carboxylic acids is 1. The fraction of sp³-hybridized carbons (Fsp3) is 0.444. The highest BCUT2D eigenvalue weighted by Crippen LogP contribution is 2.16. The Kier molecular flexibility index (Phi) is 2.53. The Hall–Kier alpha value is -1.25. The minimum Gasteiger partial charge on any atom is -0.303 e. The van der Waals surface area contributed by atoms with E-state index in [9.17, 15) is 4.79 Å². The van der Waals surface area contributed by atoms with Crippen LogP contribution in [-0.4, -0.2) is 16.3 Å². The van der Waals surface area contributed by atoms with Gasteiger partial charge < -0.3 is 4.79 Å². The Morgan fingerprint density at radius 2 is 2.33 bits per heavy atom. The van der Waals surface area contributed by atoms with E-state index in [1.165, 1.54) is 6.33 Å². The van der Waals surface area contributed by atoms with Crippen LogP contribution in [0.3, 0.4) is 0 Å². The number of hydrogen-bond acceptors (Lipinski definition) is 3. The van der Waals surface area contributed by atoms with E-state index in [1.807, 2.05) is 19.9 Å². The van der Waals surface area contributed by atoms with Gasteiger partial charge in [0.25, 0.3) is 0 Å². The van der Waals surface area contributed by atoms with Gasteiger partial charge in [-0.05, 0) is 6.07 Å². The van der Waals surface area contributed by atoms with Crippen LogP contribution in [0.1, 0.15) is 19.5 Å². The van der Waals surface area contributed by atoms with Crippen molar-refractivity contribution in [3.8, 4) is 0 Å². The Morgan fingerprint density at radius 3 is 2.83 bits per heavy atom. The third-order valence-corrected chi connectivity index (χ3v) is 1.60. The number of aromatic nitrogens is 2. The van der Waals surface area contributed by atoms with Gasteiger partial charge in [-0.25, -0.2) is 9.97 Å². The number of hydrogen-bond donors (Lipinski definition) is 0. The van der Waals surface area contributed by atoms with Gasteiger partial charge in [-0.3, -0.25) is 0 Å². The van der Waals surface area contributed by atoms with Crippen LogP contribution in [0.15, 0.2) is 18.6 Å². The molecule has 0 bridgehead atoms. The molecule has 0 saturated carbocycles. The Morgan fingerprint density at radius 1 is 1.58 bits per heavy atom. The first-order chi connectivity index (χ1) is 5.64. The highest BCUT2D eigenvalue weighted by Gasteiger charge is 2.17. The Labute approximate surface area is 71.9 Å². The summed E-state index contributed by atoms with van der Waals surface area (Å²) in [5.41, 5.74) is 0.580. The van der Waals surface area contributed by atoms with E-state index in [0.717, 1.165) is 12.0 Å². The van der Waals surface area contributed by atoms with Gasteiger partial charge in [0.15, 0.2) is 0 Å². The van der Waals surface area contributed by atoms with Gasteiger partial charge in [0.2, 0.25) is 0 Å². The maximum absolute atomic E-state index is 10.6. The summed E-state index contributed by atoms with van der Waals surface area (Å²) >= 11 is 0. The van der Waals surface area contributed by atoms with Crippen LogP contribution in [0.25, 0.3) is 0 Å². The predicted octanol–water partition coefficient (Wildman–Crippen LogP) is 1.24. The summed E-state index contributed by atoms with van der Waals surface area (Å²) in [7, 11) is 0. The number of aldehydes is 1. The number of rotatable bonds is 3. The van der Waals surface area contributed by atoms with E-state index in [4.69, 9.17) is 0 Å². The summed E-state index contributed by atoms with van der Waals surface area (Å²) < 4.78 is 0. The maximum atomic E-state index is 10.6. The SMILES string of the molecule is CC(C)(C=O)Cc1ccncn1. The second-order valence-corrected chi connectivity index (χ2v) is 3.48. The van der Waals surface area contributed by atoms with Crippen molar-refractivity contribution >= 4 is 6.29 Å². The lowest BCUT2D eigenvalue weighted by atomic mass is 9.90. The average Bonchev–Trinajstić information content (AvgIpc) is 2.06. The topological polar surface area (TPSA) is 42.9 Å². The molecule has 0 spiro atoms. The largest absolute Gasteiger partial charge is 0.303 e. The molecule has 1 aromatic rings. The molecule has 0 fully saturated rings. The molecule has 1 rings (SSSR count). The minimum absolute atomic E-state index is 0.325. The molecular weight excluding hydrogens is 152 g/mol. The zero-order chi connectivity index (χ0) is 9.03. The first kappa shape index (κ1) is 8.84. The highest BCUT2D eigenvalue weighted by molar-refractivity contribution is 5.58. The summed E-state index contributed by atoms with van der Waals surface area (Å²) in [5, 5.41) is 0. The molecule has 0 atom stereocenters. The van der Waals surface area contributed by atoms with Gasteiger partial charge in [0.1, 0.15) is 12.6 Å². The average molecular weight is 164 g/mol. The van der Waals surface area contributed by atoms with E-state index >= 15 is 0 Å². The number of nitrogens with zero attached hydrogens (tertiary/aromatic N) is 2. The summed E-state index contributed by atoms with van der Waals surface area (Å²) in [6, 6.07) is 1.82. The van der Waals surface area contributed by atoms with Crippen molar-refractivity contribution in [3.05, 3.63) is 24.3 Å². The normalized spacial score (nSPS) is 11.2. The highest BCUT2D eigenvalue weighted by atomic mass is 16.1. The lowest BCUT2D eigenvalue weighted by molar-refractivity contribution is -0.114. The molecule has 0 radical (unpaired) electrons. The smallest absolute Gasteiger partial charge is 0.125 e. The van der Waals surface area contributed by atoms with Crippen LogP contribution in [0, 0.1) is 5.41 Å². The van der Waals surface area contributed by atoms with Crippen molar-refractivity contribution in [2.45, 2.75) is 20.3 Å². The summed E-state index contributed by atoms with van der Waals surface area (Å²) in [4.78, 5) is 18.4. The maximum Gasteiger partial charge on any atom is 0.125 e. The molecule has 0 aromatic carbocycles. The van der Waals surface area contributed by atoms with E-state index in [0.29, 0.717) is 6.42 Å². The molecule has 1 heterocycles. The first-order valence-electron chi connectivity index (χ1n) is 3.85. The van der Waals surface area contributed by atoms with E-state index in [2.05, 4.69) is 9.97 Å².